The molecule has 6 heteroatoms. The molecule has 0 bridgehead atoms. The van der Waals surface area contributed by atoms with Crippen molar-refractivity contribution in [2.75, 3.05) is 19.7 Å². The maximum atomic E-state index is 12.8. The number of amides is 2. The van der Waals surface area contributed by atoms with E-state index in [4.69, 9.17) is 4.74 Å². The van der Waals surface area contributed by atoms with Gasteiger partial charge in [-0.15, -0.1) is 0 Å². The molecule has 0 saturated carbocycles. The number of fused-ring (bicyclic) bond motifs is 3. The van der Waals surface area contributed by atoms with Crippen molar-refractivity contribution in [3.8, 4) is 0 Å². The van der Waals surface area contributed by atoms with E-state index in [2.05, 4.69) is 34.6 Å². The minimum Gasteiger partial charge on any atom is -0.367 e. The smallest absolute Gasteiger partial charge is 0.317 e. The van der Waals surface area contributed by atoms with Crippen LogP contribution < -0.4 is 5.32 Å². The zero-order chi connectivity index (χ0) is 18.3. The van der Waals surface area contributed by atoms with Crippen LogP contribution in [0, 0.1) is 0 Å². The maximum absolute atomic E-state index is 12.8. The van der Waals surface area contributed by atoms with Gasteiger partial charge in [-0.2, -0.15) is 0 Å². The van der Waals surface area contributed by atoms with Crippen molar-refractivity contribution in [2.24, 2.45) is 0 Å². The lowest BCUT2D eigenvalue weighted by Crippen LogP contribution is -2.53. The van der Waals surface area contributed by atoms with Gasteiger partial charge in [-0.05, 0) is 36.1 Å². The van der Waals surface area contributed by atoms with E-state index in [1.165, 1.54) is 11.1 Å². The molecule has 1 aromatic carbocycles. The van der Waals surface area contributed by atoms with Gasteiger partial charge in [0.15, 0.2) is 0 Å². The molecule has 5 rings (SSSR count). The molecule has 1 spiro atoms. The van der Waals surface area contributed by atoms with E-state index in [9.17, 15) is 4.79 Å². The van der Waals surface area contributed by atoms with Gasteiger partial charge in [0.25, 0.3) is 0 Å². The summed E-state index contributed by atoms with van der Waals surface area (Å²) in [6, 6.07) is 14.2. The van der Waals surface area contributed by atoms with E-state index < -0.39 is 0 Å². The molecule has 0 radical (unpaired) electrons. The van der Waals surface area contributed by atoms with Gasteiger partial charge in [0, 0.05) is 18.9 Å². The van der Waals surface area contributed by atoms with Crippen LogP contribution >= 0.6 is 0 Å². The molecule has 1 aliphatic carbocycles. The number of morpholine rings is 1. The first-order chi connectivity index (χ1) is 13.2. The molecule has 6 nitrogen and oxygen atoms in total. The Hall–Kier alpha value is -2.86. The molecule has 2 aliphatic rings. The second kappa shape index (κ2) is 6.39. The van der Waals surface area contributed by atoms with Crippen LogP contribution in [0.2, 0.25) is 0 Å². The largest absolute Gasteiger partial charge is 0.367 e. The molecule has 1 N–H and O–H groups in total. The third-order valence-electron chi connectivity index (χ3n) is 5.61. The monoisotopic (exact) mass is 362 g/mol. The molecule has 3 aromatic rings. The number of aromatic nitrogens is 2. The van der Waals surface area contributed by atoms with E-state index in [0.717, 1.165) is 24.2 Å². The van der Waals surface area contributed by atoms with Crippen LogP contribution in [0.25, 0.3) is 5.65 Å². The lowest BCUT2D eigenvalue weighted by Gasteiger charge is -2.41. The second-order valence-corrected chi connectivity index (χ2v) is 7.28. The normalized spacial score (nSPS) is 21.6. The van der Waals surface area contributed by atoms with Crippen molar-refractivity contribution in [3.05, 3.63) is 71.7 Å². The third-order valence-corrected chi connectivity index (χ3v) is 5.61. The van der Waals surface area contributed by atoms with Gasteiger partial charge in [0.05, 0.1) is 25.4 Å². The Balaban J connectivity index is 1.28. The Morgan fingerprint density at radius 3 is 3.04 bits per heavy atom. The third kappa shape index (κ3) is 2.86. The number of hydrogen-bond donors (Lipinski definition) is 1. The van der Waals surface area contributed by atoms with Crippen LogP contribution in [0.3, 0.4) is 0 Å². The van der Waals surface area contributed by atoms with Gasteiger partial charge in [-0.3, -0.25) is 0 Å². The zero-order valence-electron chi connectivity index (χ0n) is 15.1. The summed E-state index contributed by atoms with van der Waals surface area (Å²) < 4.78 is 8.16. The standard InChI is InChI=1S/C21H22N4O2/c26-20(22-13-17-14-24-10-4-3-7-19(24)23-17)25-11-12-27-21(15-25)9-8-16-5-1-2-6-18(16)21/h1-7,10,14H,8-9,11-13,15H2,(H,22,26). The Bertz CT molecular complexity index is 962. The summed E-state index contributed by atoms with van der Waals surface area (Å²) in [5.41, 5.74) is 3.96. The molecule has 27 heavy (non-hydrogen) atoms. The highest BCUT2D eigenvalue weighted by atomic mass is 16.5. The number of aryl methyl sites for hydroxylation is 1. The number of nitrogens with one attached hydrogen (secondary N) is 1. The number of urea groups is 1. The van der Waals surface area contributed by atoms with Crippen LogP contribution in [0.1, 0.15) is 23.2 Å². The van der Waals surface area contributed by atoms with Crippen LogP contribution in [0.15, 0.2) is 54.9 Å². The fourth-order valence-corrected chi connectivity index (χ4v) is 4.28. The predicted molar refractivity (Wildman–Crippen MR) is 101 cm³/mol. The first-order valence-corrected chi connectivity index (χ1v) is 9.41. The molecule has 1 atom stereocenters. The lowest BCUT2D eigenvalue weighted by molar-refractivity contribution is -0.101. The van der Waals surface area contributed by atoms with E-state index in [0.29, 0.717) is 26.2 Å². The van der Waals surface area contributed by atoms with Gasteiger partial charge < -0.3 is 19.4 Å². The number of rotatable bonds is 2. The topological polar surface area (TPSA) is 58.9 Å². The maximum Gasteiger partial charge on any atom is 0.317 e. The molecule has 2 amide bonds. The summed E-state index contributed by atoms with van der Waals surface area (Å²) >= 11 is 0. The van der Waals surface area contributed by atoms with E-state index >= 15 is 0 Å². The summed E-state index contributed by atoms with van der Waals surface area (Å²) in [6.07, 6.45) is 5.84. The first-order valence-electron chi connectivity index (χ1n) is 9.41. The number of carbonyl (C=O) groups excluding carboxylic acids is 1. The van der Waals surface area contributed by atoms with Gasteiger partial charge in [-0.1, -0.05) is 30.3 Å². The zero-order valence-corrected chi connectivity index (χ0v) is 15.1. The van der Waals surface area contributed by atoms with Crippen LogP contribution in [-0.2, 0) is 23.3 Å². The quantitative estimate of drug-likeness (QED) is 0.763. The van der Waals surface area contributed by atoms with Gasteiger partial charge >= 0.3 is 6.03 Å². The fourth-order valence-electron chi connectivity index (χ4n) is 4.28. The highest BCUT2D eigenvalue weighted by molar-refractivity contribution is 5.74. The van der Waals surface area contributed by atoms with Gasteiger partial charge in [0.2, 0.25) is 0 Å². The summed E-state index contributed by atoms with van der Waals surface area (Å²) in [4.78, 5) is 19.2. The van der Waals surface area contributed by atoms with Gasteiger partial charge in [-0.25, -0.2) is 9.78 Å². The average Bonchev–Trinajstić information content (AvgIpc) is 3.28. The molecule has 1 aliphatic heterocycles. The van der Waals surface area contributed by atoms with Crippen molar-refractivity contribution in [2.45, 2.75) is 25.0 Å². The SMILES string of the molecule is O=C(NCc1cn2ccccc2n1)N1CCOC2(CCc3ccccc32)C1. The van der Waals surface area contributed by atoms with Crippen molar-refractivity contribution < 1.29 is 9.53 Å². The predicted octanol–water partition coefficient (Wildman–Crippen LogP) is 2.72. The van der Waals surface area contributed by atoms with Crippen LogP contribution in [-0.4, -0.2) is 40.0 Å². The first kappa shape index (κ1) is 16.3. The highest BCUT2D eigenvalue weighted by Gasteiger charge is 2.44. The second-order valence-electron chi connectivity index (χ2n) is 7.28. The number of imidazole rings is 1. The van der Waals surface area contributed by atoms with Crippen LogP contribution in [0.5, 0.6) is 0 Å². The summed E-state index contributed by atoms with van der Waals surface area (Å²) in [6.45, 7) is 2.19. The lowest BCUT2D eigenvalue weighted by atomic mass is 9.94. The van der Waals surface area contributed by atoms with Crippen molar-refractivity contribution in [1.29, 1.82) is 0 Å². The number of carbonyl (C=O) groups is 1. The Labute approximate surface area is 157 Å². The van der Waals surface area contributed by atoms with E-state index in [1.54, 1.807) is 0 Å². The molecule has 1 fully saturated rings. The average molecular weight is 362 g/mol. The van der Waals surface area contributed by atoms with Gasteiger partial charge in [0.1, 0.15) is 11.2 Å². The number of pyridine rings is 1. The Morgan fingerprint density at radius 1 is 1.22 bits per heavy atom. The molecule has 138 valence electrons. The number of ether oxygens (including phenoxy) is 1. The Morgan fingerprint density at radius 2 is 2.11 bits per heavy atom. The van der Waals surface area contributed by atoms with E-state index in [-0.39, 0.29) is 11.6 Å². The van der Waals surface area contributed by atoms with Crippen molar-refractivity contribution in [3.63, 3.8) is 0 Å². The number of hydrogen-bond acceptors (Lipinski definition) is 3. The van der Waals surface area contributed by atoms with Crippen LogP contribution in [0.4, 0.5) is 4.79 Å². The van der Waals surface area contributed by atoms with Crippen molar-refractivity contribution >= 4 is 11.7 Å². The fraction of sp³-hybridized carbons (Fsp3) is 0.333. The molecule has 1 saturated heterocycles. The minimum absolute atomic E-state index is 0.0564. The van der Waals surface area contributed by atoms with E-state index in [1.807, 2.05) is 39.9 Å². The summed E-state index contributed by atoms with van der Waals surface area (Å²) in [7, 11) is 0. The summed E-state index contributed by atoms with van der Waals surface area (Å²) in [5.74, 6) is 0. The molecule has 2 aromatic heterocycles. The molecular formula is C21H22N4O2. The molecule has 1 unspecified atom stereocenters. The minimum atomic E-state index is -0.352. The highest BCUT2D eigenvalue weighted by Crippen LogP contribution is 2.42. The number of nitrogens with zero attached hydrogens (tertiary/aromatic N) is 3. The summed E-state index contributed by atoms with van der Waals surface area (Å²) in [5, 5.41) is 3.02. The Kier molecular flexibility index (Phi) is 3.86. The van der Waals surface area contributed by atoms with Crippen molar-refractivity contribution in [1.82, 2.24) is 19.6 Å². The molecular weight excluding hydrogens is 340 g/mol. The molecule has 3 heterocycles. The number of benzene rings is 1.